The van der Waals surface area contributed by atoms with Gasteiger partial charge in [0.25, 0.3) is 5.56 Å². The second-order valence-corrected chi connectivity index (χ2v) is 13.1. The Bertz CT molecular complexity index is 800. The van der Waals surface area contributed by atoms with Gasteiger partial charge in [0.1, 0.15) is 12.3 Å². The third-order valence-electron chi connectivity index (χ3n) is 5.29. The molecule has 0 bridgehead atoms. The van der Waals surface area contributed by atoms with Gasteiger partial charge in [-0.1, -0.05) is 20.8 Å². The molecule has 138 valence electrons. The number of aromatic nitrogens is 2. The van der Waals surface area contributed by atoms with Crippen molar-refractivity contribution < 1.29 is 9.16 Å². The first kappa shape index (κ1) is 19.6. The Balaban J connectivity index is 2.19. The zero-order valence-electron chi connectivity index (χ0n) is 15.8. The molecule has 7 nitrogen and oxygen atoms in total. The first-order valence-electron chi connectivity index (χ1n) is 8.46. The molecule has 2 atom stereocenters. The van der Waals surface area contributed by atoms with Gasteiger partial charge in [-0.05, 0) is 37.9 Å². The highest BCUT2D eigenvalue weighted by Crippen LogP contribution is 2.40. The molecule has 0 aliphatic carbocycles. The normalized spacial score (nSPS) is 24.3. The van der Waals surface area contributed by atoms with Crippen molar-refractivity contribution in [3.63, 3.8) is 0 Å². The zero-order valence-corrected chi connectivity index (χ0v) is 16.8. The average Bonchev–Trinajstić information content (AvgIpc) is 2.93. The summed E-state index contributed by atoms with van der Waals surface area (Å²) in [6.45, 7) is 12.5. The number of H-pyrrole nitrogens is 1. The summed E-state index contributed by atoms with van der Waals surface area (Å²) in [6.07, 6.45) is 1.90. The van der Waals surface area contributed by atoms with Gasteiger partial charge in [0.15, 0.2) is 13.9 Å². The zero-order chi connectivity index (χ0) is 19.0. The Labute approximate surface area is 148 Å². The SMILES string of the molecule is Cc1cn([C@H]2CC[C@@](C#N)(CO[Si](C)(C)C(C)(C)C)O2)c(=O)[nH]c1=O. The fourth-order valence-corrected chi connectivity index (χ4v) is 3.49. The summed E-state index contributed by atoms with van der Waals surface area (Å²) in [5.41, 5.74) is -1.58. The van der Waals surface area contributed by atoms with Crippen LogP contribution in [0.15, 0.2) is 15.8 Å². The summed E-state index contributed by atoms with van der Waals surface area (Å²) >= 11 is 0. The van der Waals surface area contributed by atoms with Gasteiger partial charge in [0.2, 0.25) is 0 Å². The summed E-state index contributed by atoms with van der Waals surface area (Å²) < 4.78 is 13.5. The molecule has 0 radical (unpaired) electrons. The highest BCUT2D eigenvalue weighted by Gasteiger charge is 2.45. The monoisotopic (exact) mass is 365 g/mol. The molecule has 2 heterocycles. The molecule has 1 N–H and O–H groups in total. The number of nitriles is 1. The lowest BCUT2D eigenvalue weighted by Crippen LogP contribution is -2.46. The second kappa shape index (κ2) is 6.55. The largest absolute Gasteiger partial charge is 0.413 e. The lowest BCUT2D eigenvalue weighted by atomic mass is 10.0. The fourth-order valence-electron chi connectivity index (χ4n) is 2.47. The first-order valence-corrected chi connectivity index (χ1v) is 11.4. The molecule has 0 amide bonds. The van der Waals surface area contributed by atoms with Gasteiger partial charge in [-0.15, -0.1) is 0 Å². The molecule has 1 aromatic rings. The molecule has 0 spiro atoms. The third-order valence-corrected chi connectivity index (χ3v) is 9.77. The van der Waals surface area contributed by atoms with E-state index in [-0.39, 0.29) is 11.6 Å². The van der Waals surface area contributed by atoms with Crippen LogP contribution < -0.4 is 11.2 Å². The third kappa shape index (κ3) is 3.94. The number of nitrogens with zero attached hydrogens (tertiary/aromatic N) is 2. The van der Waals surface area contributed by atoms with Gasteiger partial charge >= 0.3 is 5.69 Å². The van der Waals surface area contributed by atoms with Gasteiger partial charge in [0.05, 0.1) is 6.61 Å². The lowest BCUT2D eigenvalue weighted by Gasteiger charge is -2.38. The van der Waals surface area contributed by atoms with E-state index in [0.717, 1.165) is 0 Å². The molecule has 2 rings (SSSR count). The Morgan fingerprint density at radius 1 is 1.48 bits per heavy atom. The van der Waals surface area contributed by atoms with Crippen LogP contribution in [-0.2, 0) is 9.16 Å². The van der Waals surface area contributed by atoms with Crippen LogP contribution >= 0.6 is 0 Å². The van der Waals surface area contributed by atoms with Crippen molar-refractivity contribution >= 4 is 8.32 Å². The quantitative estimate of drug-likeness (QED) is 0.827. The van der Waals surface area contributed by atoms with Gasteiger partial charge < -0.3 is 9.16 Å². The minimum Gasteiger partial charge on any atom is -0.413 e. The van der Waals surface area contributed by atoms with Gasteiger partial charge in [-0.2, -0.15) is 5.26 Å². The summed E-state index contributed by atoms with van der Waals surface area (Å²) in [7, 11) is -2.01. The van der Waals surface area contributed by atoms with E-state index in [0.29, 0.717) is 18.4 Å². The first-order chi connectivity index (χ1) is 11.4. The van der Waals surface area contributed by atoms with Crippen molar-refractivity contribution in [3.8, 4) is 6.07 Å². The number of ether oxygens (including phenoxy) is 1. The van der Waals surface area contributed by atoms with Crippen molar-refractivity contribution in [2.24, 2.45) is 0 Å². The van der Waals surface area contributed by atoms with E-state index in [2.05, 4.69) is 44.9 Å². The minimum atomic E-state index is -2.01. The smallest absolute Gasteiger partial charge is 0.330 e. The predicted molar refractivity (Wildman–Crippen MR) is 96.9 cm³/mol. The molecule has 1 fully saturated rings. The topological polar surface area (TPSA) is 97.1 Å². The van der Waals surface area contributed by atoms with Gasteiger partial charge in [-0.25, -0.2) is 4.79 Å². The maximum atomic E-state index is 12.0. The molecular formula is C17H27N3O4Si. The van der Waals surface area contributed by atoms with Crippen molar-refractivity contribution in [1.29, 1.82) is 5.26 Å². The molecular weight excluding hydrogens is 338 g/mol. The molecule has 0 aromatic carbocycles. The summed E-state index contributed by atoms with van der Waals surface area (Å²) in [6, 6.07) is 2.23. The number of aromatic amines is 1. The number of aryl methyl sites for hydroxylation is 1. The van der Waals surface area contributed by atoms with E-state index < -0.39 is 31.4 Å². The van der Waals surface area contributed by atoms with E-state index in [1.807, 2.05) is 0 Å². The van der Waals surface area contributed by atoms with Crippen LogP contribution in [0.5, 0.6) is 0 Å². The average molecular weight is 366 g/mol. The molecule has 1 aliphatic heterocycles. The highest BCUT2D eigenvalue weighted by atomic mass is 28.4. The molecule has 1 aromatic heterocycles. The number of hydrogen-bond acceptors (Lipinski definition) is 5. The Hall–Kier alpha value is -1.69. The van der Waals surface area contributed by atoms with Crippen LogP contribution in [0, 0.1) is 18.3 Å². The molecule has 8 heteroatoms. The van der Waals surface area contributed by atoms with E-state index in [1.54, 1.807) is 6.92 Å². The van der Waals surface area contributed by atoms with Crippen molar-refractivity contribution in [1.82, 2.24) is 9.55 Å². The Morgan fingerprint density at radius 3 is 2.68 bits per heavy atom. The van der Waals surface area contributed by atoms with E-state index in [1.165, 1.54) is 10.8 Å². The van der Waals surface area contributed by atoms with Gasteiger partial charge in [-0.3, -0.25) is 14.3 Å². The molecule has 0 unspecified atom stereocenters. The van der Waals surface area contributed by atoms with Crippen LogP contribution in [0.3, 0.4) is 0 Å². The van der Waals surface area contributed by atoms with E-state index in [4.69, 9.17) is 9.16 Å². The number of hydrogen-bond donors (Lipinski definition) is 1. The maximum absolute atomic E-state index is 12.0. The second-order valence-electron chi connectivity index (χ2n) is 8.24. The summed E-state index contributed by atoms with van der Waals surface area (Å²) in [4.78, 5) is 25.8. The molecule has 25 heavy (non-hydrogen) atoms. The fraction of sp³-hybridized carbons (Fsp3) is 0.706. The van der Waals surface area contributed by atoms with Crippen molar-refractivity contribution in [2.75, 3.05) is 6.61 Å². The van der Waals surface area contributed by atoms with Gasteiger partial charge in [0, 0.05) is 11.8 Å². The van der Waals surface area contributed by atoms with Crippen LogP contribution in [0.1, 0.15) is 45.4 Å². The number of rotatable bonds is 4. The van der Waals surface area contributed by atoms with Crippen molar-refractivity contribution in [3.05, 3.63) is 32.6 Å². The predicted octanol–water partition coefficient (Wildman–Crippen LogP) is 2.44. The van der Waals surface area contributed by atoms with Crippen LogP contribution in [-0.4, -0.2) is 30.1 Å². The minimum absolute atomic E-state index is 0.0363. The van der Waals surface area contributed by atoms with Crippen LogP contribution in [0.2, 0.25) is 18.1 Å². The molecule has 1 saturated heterocycles. The summed E-state index contributed by atoms with van der Waals surface area (Å²) in [5, 5.41) is 9.70. The lowest BCUT2D eigenvalue weighted by molar-refractivity contribution is -0.0634. The Morgan fingerprint density at radius 2 is 2.12 bits per heavy atom. The molecule has 1 aliphatic rings. The van der Waals surface area contributed by atoms with Crippen LogP contribution in [0.25, 0.3) is 0 Å². The van der Waals surface area contributed by atoms with Crippen molar-refractivity contribution in [2.45, 2.75) is 70.5 Å². The Kier molecular flexibility index (Phi) is 5.15. The highest BCUT2D eigenvalue weighted by molar-refractivity contribution is 6.74. The van der Waals surface area contributed by atoms with Crippen LogP contribution in [0.4, 0.5) is 0 Å². The van der Waals surface area contributed by atoms with E-state index >= 15 is 0 Å². The summed E-state index contributed by atoms with van der Waals surface area (Å²) in [5.74, 6) is 0. The maximum Gasteiger partial charge on any atom is 0.330 e. The standard InChI is InChI=1S/C17H27N3O4Si/c1-12-9-20(15(22)19-14(12)21)13-7-8-17(10-18,24-13)11-23-25(5,6)16(2,3)4/h9,13H,7-8,11H2,1-6H3,(H,19,21,22)/t13-,17-/m1/s1. The van der Waals surface area contributed by atoms with E-state index in [9.17, 15) is 14.9 Å². The number of nitrogens with one attached hydrogen (secondary N) is 1. The molecule has 0 saturated carbocycles.